The molecule has 0 radical (unpaired) electrons. The van der Waals surface area contributed by atoms with Crippen LogP contribution < -0.4 is 4.90 Å². The van der Waals surface area contributed by atoms with Crippen molar-refractivity contribution in [2.45, 2.75) is 52.9 Å². The largest absolute Gasteiger partial charge is 0.344 e. The zero-order valence-electron chi connectivity index (χ0n) is 27.2. The van der Waals surface area contributed by atoms with E-state index in [1.165, 1.54) is 88.6 Å². The first-order chi connectivity index (χ1) is 21.8. The lowest BCUT2D eigenvalue weighted by Gasteiger charge is -2.33. The van der Waals surface area contributed by atoms with E-state index in [0.717, 1.165) is 12.8 Å². The van der Waals surface area contributed by atoms with Crippen molar-refractivity contribution in [2.75, 3.05) is 4.90 Å². The van der Waals surface area contributed by atoms with Gasteiger partial charge in [0.1, 0.15) is 0 Å². The van der Waals surface area contributed by atoms with Crippen molar-refractivity contribution in [1.29, 1.82) is 0 Å². The molecule has 7 aromatic rings. The summed E-state index contributed by atoms with van der Waals surface area (Å²) in [5.41, 5.74) is 15.7. The summed E-state index contributed by atoms with van der Waals surface area (Å²) in [6.45, 7) is 11.4. The number of hydrogen-bond acceptors (Lipinski definition) is 1. The van der Waals surface area contributed by atoms with Gasteiger partial charge in [0, 0.05) is 51.0 Å². The molecule has 1 aliphatic carbocycles. The van der Waals surface area contributed by atoms with E-state index < -0.39 is 0 Å². The molecule has 8 rings (SSSR count). The van der Waals surface area contributed by atoms with Crippen molar-refractivity contribution in [3.63, 3.8) is 0 Å². The number of para-hydroxylation sites is 1. The third-order valence-corrected chi connectivity index (χ3v) is 10.6. The lowest BCUT2D eigenvalue weighted by molar-refractivity contribution is 0.490. The first kappa shape index (κ1) is 27.7. The third-order valence-electron chi connectivity index (χ3n) is 10.6. The molecule has 222 valence electrons. The predicted molar refractivity (Wildman–Crippen MR) is 194 cm³/mol. The normalized spacial score (nSPS) is 13.5. The summed E-state index contributed by atoms with van der Waals surface area (Å²) in [6.07, 6.45) is 2.13. The molecule has 0 atom stereocenters. The van der Waals surface area contributed by atoms with Crippen LogP contribution in [0.3, 0.4) is 0 Å². The number of hydrogen-bond donors (Lipinski definition) is 0. The molecule has 0 spiro atoms. The Kier molecular flexibility index (Phi) is 6.22. The fourth-order valence-corrected chi connectivity index (χ4v) is 8.44. The van der Waals surface area contributed by atoms with Crippen LogP contribution in [0.5, 0.6) is 0 Å². The average molecular weight is 585 g/mol. The Balaban J connectivity index is 1.49. The summed E-state index contributed by atoms with van der Waals surface area (Å²) in [7, 11) is 2.18. The molecule has 1 aliphatic rings. The molecule has 1 heterocycles. The maximum atomic E-state index is 2.55. The summed E-state index contributed by atoms with van der Waals surface area (Å²) >= 11 is 0. The van der Waals surface area contributed by atoms with Crippen molar-refractivity contribution in [2.24, 2.45) is 7.05 Å². The van der Waals surface area contributed by atoms with Crippen LogP contribution in [0, 0.1) is 20.8 Å². The van der Waals surface area contributed by atoms with E-state index in [2.05, 4.69) is 160 Å². The topological polar surface area (TPSA) is 8.17 Å². The highest BCUT2D eigenvalue weighted by Crippen LogP contribution is 2.57. The number of rotatable bonds is 5. The molecular weight excluding hydrogens is 544 g/mol. The second-order valence-corrected chi connectivity index (χ2v) is 13.2. The number of benzene rings is 6. The van der Waals surface area contributed by atoms with Gasteiger partial charge in [-0.25, -0.2) is 0 Å². The minimum absolute atomic E-state index is 0.0246. The Morgan fingerprint density at radius 3 is 1.96 bits per heavy atom. The van der Waals surface area contributed by atoms with Crippen molar-refractivity contribution in [3.8, 4) is 11.1 Å². The van der Waals surface area contributed by atoms with Crippen LogP contribution in [-0.4, -0.2) is 4.57 Å². The lowest BCUT2D eigenvalue weighted by Crippen LogP contribution is -2.23. The quantitative estimate of drug-likeness (QED) is 0.195. The number of aryl methyl sites for hydroxylation is 4. The highest BCUT2D eigenvalue weighted by molar-refractivity contribution is 6.12. The number of fused-ring (bicyclic) bond motifs is 8. The predicted octanol–water partition coefficient (Wildman–Crippen LogP) is 12.0. The third kappa shape index (κ3) is 3.94. The molecule has 6 aromatic carbocycles. The van der Waals surface area contributed by atoms with Crippen LogP contribution in [0.1, 0.15) is 54.5 Å². The van der Waals surface area contributed by atoms with Gasteiger partial charge in [0.15, 0.2) is 0 Å². The van der Waals surface area contributed by atoms with Crippen LogP contribution >= 0.6 is 0 Å². The zero-order valence-corrected chi connectivity index (χ0v) is 27.2. The highest BCUT2D eigenvalue weighted by atomic mass is 15.1. The van der Waals surface area contributed by atoms with E-state index in [0.29, 0.717) is 0 Å². The maximum absolute atomic E-state index is 2.55. The fourth-order valence-electron chi connectivity index (χ4n) is 8.44. The molecule has 0 aliphatic heterocycles. The number of aromatic nitrogens is 1. The Hall–Kier alpha value is -4.82. The number of nitrogens with zero attached hydrogens (tertiary/aromatic N) is 2. The van der Waals surface area contributed by atoms with Gasteiger partial charge in [-0.15, -0.1) is 0 Å². The van der Waals surface area contributed by atoms with Gasteiger partial charge in [0.2, 0.25) is 0 Å². The van der Waals surface area contributed by atoms with Crippen molar-refractivity contribution in [1.82, 2.24) is 4.57 Å². The SMILES string of the molecule is CCC1(CC)c2cc(C)ccc2-c2c1cc(N(c1cc(C)cc(C)c1)c1ccc3c(c1)c1ccccc1n3C)c1ccccc21. The maximum Gasteiger partial charge on any atom is 0.0543 e. The first-order valence-electron chi connectivity index (χ1n) is 16.4. The van der Waals surface area contributed by atoms with E-state index in [1.54, 1.807) is 0 Å². The Labute approximate surface area is 266 Å². The minimum Gasteiger partial charge on any atom is -0.344 e. The van der Waals surface area contributed by atoms with Crippen molar-refractivity contribution in [3.05, 3.63) is 137 Å². The highest BCUT2D eigenvalue weighted by Gasteiger charge is 2.42. The molecule has 45 heavy (non-hydrogen) atoms. The van der Waals surface area contributed by atoms with E-state index >= 15 is 0 Å². The first-order valence-corrected chi connectivity index (χ1v) is 16.4. The van der Waals surface area contributed by atoms with E-state index in [4.69, 9.17) is 0 Å². The molecule has 1 aromatic heterocycles. The van der Waals surface area contributed by atoms with Gasteiger partial charge in [-0.2, -0.15) is 0 Å². The fraction of sp³-hybridized carbons (Fsp3) is 0.209. The van der Waals surface area contributed by atoms with Gasteiger partial charge in [-0.05, 0) is 115 Å². The second kappa shape index (κ2) is 10.1. The van der Waals surface area contributed by atoms with E-state index in [9.17, 15) is 0 Å². The molecule has 0 amide bonds. The standard InChI is InChI=1S/C43H40N2/c1-7-43(8-2)37-24-27(3)17-19-35(37)42-34-15-10-9-13-32(34)41(26-38(42)43)45(31-22-28(4)21-29(5)23-31)30-18-20-40-36(25-30)33-14-11-12-16-39(33)44(40)6/h9-26H,7-8H2,1-6H3. The smallest absolute Gasteiger partial charge is 0.0543 e. The van der Waals surface area contributed by atoms with Crippen LogP contribution in [0.15, 0.2) is 109 Å². The van der Waals surface area contributed by atoms with Gasteiger partial charge >= 0.3 is 0 Å². The Morgan fingerprint density at radius 1 is 0.556 bits per heavy atom. The van der Waals surface area contributed by atoms with Gasteiger partial charge in [0.25, 0.3) is 0 Å². The minimum atomic E-state index is -0.0246. The zero-order chi connectivity index (χ0) is 31.0. The molecule has 0 saturated heterocycles. The molecule has 0 bridgehead atoms. The van der Waals surface area contributed by atoms with Crippen molar-refractivity contribution < 1.29 is 0 Å². The Morgan fingerprint density at radius 2 is 1.22 bits per heavy atom. The van der Waals surface area contributed by atoms with Gasteiger partial charge in [-0.1, -0.05) is 86.1 Å². The van der Waals surface area contributed by atoms with Crippen LogP contribution in [0.2, 0.25) is 0 Å². The molecule has 2 heteroatoms. The van der Waals surface area contributed by atoms with Gasteiger partial charge < -0.3 is 9.47 Å². The Bertz CT molecular complexity index is 2280. The summed E-state index contributed by atoms with van der Waals surface area (Å²) in [5.74, 6) is 0. The molecule has 2 nitrogen and oxygen atoms in total. The second-order valence-electron chi connectivity index (χ2n) is 13.2. The van der Waals surface area contributed by atoms with Gasteiger partial charge in [0.05, 0.1) is 5.69 Å². The van der Waals surface area contributed by atoms with E-state index in [-0.39, 0.29) is 5.41 Å². The summed E-state index contributed by atoms with van der Waals surface area (Å²) in [5, 5.41) is 5.19. The van der Waals surface area contributed by atoms with Crippen LogP contribution in [-0.2, 0) is 12.5 Å². The van der Waals surface area contributed by atoms with Crippen LogP contribution in [0.25, 0.3) is 43.7 Å². The summed E-state index contributed by atoms with van der Waals surface area (Å²) in [4.78, 5) is 2.52. The molecule has 0 saturated carbocycles. The van der Waals surface area contributed by atoms with E-state index in [1.807, 2.05) is 0 Å². The molecule has 0 N–H and O–H groups in total. The summed E-state index contributed by atoms with van der Waals surface area (Å²) < 4.78 is 2.32. The average Bonchev–Trinajstić information content (AvgIpc) is 3.49. The monoisotopic (exact) mass is 584 g/mol. The molecular formula is C43H40N2. The molecule has 0 unspecified atom stereocenters. The van der Waals surface area contributed by atoms with Crippen LogP contribution in [0.4, 0.5) is 17.1 Å². The lowest BCUT2D eigenvalue weighted by atomic mass is 9.73. The summed E-state index contributed by atoms with van der Waals surface area (Å²) in [6, 6.07) is 41.5. The van der Waals surface area contributed by atoms with Crippen molar-refractivity contribution >= 4 is 49.6 Å². The number of anilines is 3. The van der Waals surface area contributed by atoms with Gasteiger partial charge in [-0.3, -0.25) is 0 Å². The molecule has 0 fully saturated rings.